The number of benzene rings is 1. The van der Waals surface area contributed by atoms with Crippen molar-refractivity contribution in [3.63, 3.8) is 0 Å². The van der Waals surface area contributed by atoms with Crippen LogP contribution in [0.4, 0.5) is 5.69 Å². The van der Waals surface area contributed by atoms with Crippen LogP contribution in [0.2, 0.25) is 0 Å². The van der Waals surface area contributed by atoms with Crippen molar-refractivity contribution in [1.82, 2.24) is 0 Å². The number of nitro groups is 1. The monoisotopic (exact) mass is 287 g/mol. The van der Waals surface area contributed by atoms with Crippen molar-refractivity contribution in [2.24, 2.45) is 0 Å². The maximum Gasteiger partial charge on any atom is 0.310 e. The lowest BCUT2D eigenvalue weighted by Gasteiger charge is -2.22. The summed E-state index contributed by atoms with van der Waals surface area (Å²) in [4.78, 5) is 10.3. The van der Waals surface area contributed by atoms with E-state index in [-0.39, 0.29) is 11.1 Å². The summed E-state index contributed by atoms with van der Waals surface area (Å²) in [6, 6.07) is 4.97. The topological polar surface area (TPSA) is 52.4 Å². The Morgan fingerprint density at radius 2 is 2.12 bits per heavy atom. The number of methoxy groups -OCH3 is 1. The summed E-state index contributed by atoms with van der Waals surface area (Å²) in [6.07, 6.45) is 0. The number of nitrogens with zero attached hydrogens (tertiary/aromatic N) is 1. The van der Waals surface area contributed by atoms with Crippen molar-refractivity contribution >= 4 is 21.6 Å². The number of hydrogen-bond acceptors (Lipinski definition) is 3. The summed E-state index contributed by atoms with van der Waals surface area (Å²) in [7, 11) is 1.44. The third-order valence-corrected chi connectivity index (χ3v) is 3.89. The normalized spacial score (nSPS) is 11.2. The van der Waals surface area contributed by atoms with Crippen LogP contribution in [0.25, 0.3) is 0 Å². The fourth-order valence-electron chi connectivity index (χ4n) is 1.33. The SMILES string of the molecule is COc1cc(C(C)(C)CBr)ccc1[N+](=O)[O-]. The zero-order valence-electron chi connectivity index (χ0n) is 9.49. The van der Waals surface area contributed by atoms with Gasteiger partial charge in [0.05, 0.1) is 12.0 Å². The highest BCUT2D eigenvalue weighted by atomic mass is 79.9. The fraction of sp³-hybridized carbons (Fsp3) is 0.455. The second-order valence-corrected chi connectivity index (χ2v) is 4.72. The van der Waals surface area contributed by atoms with E-state index in [4.69, 9.17) is 4.74 Å². The van der Waals surface area contributed by atoms with Crippen LogP contribution in [-0.4, -0.2) is 17.4 Å². The Hall–Kier alpha value is -1.10. The summed E-state index contributed by atoms with van der Waals surface area (Å²) in [5, 5.41) is 11.5. The van der Waals surface area contributed by atoms with E-state index in [9.17, 15) is 10.1 Å². The molecule has 5 heteroatoms. The Morgan fingerprint density at radius 3 is 2.56 bits per heavy atom. The summed E-state index contributed by atoms with van der Waals surface area (Å²) in [5.41, 5.74) is 0.922. The van der Waals surface area contributed by atoms with Gasteiger partial charge in [-0.25, -0.2) is 0 Å². The van der Waals surface area contributed by atoms with Crippen molar-refractivity contribution < 1.29 is 9.66 Å². The largest absolute Gasteiger partial charge is 0.490 e. The molecule has 0 aliphatic carbocycles. The van der Waals surface area contributed by atoms with Gasteiger partial charge in [-0.15, -0.1) is 0 Å². The van der Waals surface area contributed by atoms with Crippen molar-refractivity contribution in [3.05, 3.63) is 33.9 Å². The predicted molar refractivity (Wildman–Crippen MR) is 66.5 cm³/mol. The predicted octanol–water partition coefficient (Wildman–Crippen LogP) is 3.28. The summed E-state index contributed by atoms with van der Waals surface area (Å²) >= 11 is 3.43. The van der Waals surface area contributed by atoms with Gasteiger partial charge in [-0.3, -0.25) is 10.1 Å². The van der Waals surface area contributed by atoms with Gasteiger partial charge in [0.1, 0.15) is 0 Å². The van der Waals surface area contributed by atoms with Crippen LogP contribution in [-0.2, 0) is 5.41 Å². The maximum absolute atomic E-state index is 10.7. The Bertz CT molecular complexity index is 404. The van der Waals surface area contributed by atoms with E-state index in [0.29, 0.717) is 5.75 Å². The van der Waals surface area contributed by atoms with E-state index in [1.807, 2.05) is 0 Å². The fourth-order valence-corrected chi connectivity index (χ4v) is 1.65. The smallest absolute Gasteiger partial charge is 0.310 e. The third kappa shape index (κ3) is 2.52. The maximum atomic E-state index is 10.7. The van der Waals surface area contributed by atoms with Gasteiger partial charge in [0.15, 0.2) is 5.75 Å². The molecule has 0 radical (unpaired) electrons. The summed E-state index contributed by atoms with van der Waals surface area (Å²) in [5.74, 6) is 0.302. The number of halogens is 1. The van der Waals surface area contributed by atoms with Crippen LogP contribution in [0.5, 0.6) is 5.75 Å². The Labute approximate surface area is 103 Å². The molecular weight excluding hydrogens is 274 g/mol. The highest BCUT2D eigenvalue weighted by Crippen LogP contribution is 2.33. The number of hydrogen-bond donors (Lipinski definition) is 0. The van der Waals surface area contributed by atoms with Crippen LogP contribution in [0.15, 0.2) is 18.2 Å². The molecule has 88 valence electrons. The van der Waals surface area contributed by atoms with E-state index < -0.39 is 4.92 Å². The molecule has 0 saturated heterocycles. The number of ether oxygens (including phenoxy) is 1. The molecule has 0 atom stereocenters. The lowest BCUT2D eigenvalue weighted by atomic mass is 9.87. The second kappa shape index (κ2) is 4.82. The molecule has 0 N–H and O–H groups in total. The van der Waals surface area contributed by atoms with Crippen molar-refractivity contribution in [2.45, 2.75) is 19.3 Å². The van der Waals surface area contributed by atoms with Gasteiger partial charge in [-0.05, 0) is 17.0 Å². The van der Waals surface area contributed by atoms with Crippen LogP contribution < -0.4 is 4.74 Å². The number of nitro benzene ring substituents is 1. The second-order valence-electron chi connectivity index (χ2n) is 4.16. The molecule has 4 nitrogen and oxygen atoms in total. The van der Waals surface area contributed by atoms with Crippen molar-refractivity contribution in [1.29, 1.82) is 0 Å². The average molecular weight is 288 g/mol. The van der Waals surface area contributed by atoms with Crippen molar-refractivity contribution in [2.75, 3.05) is 12.4 Å². The molecule has 0 spiro atoms. The zero-order valence-corrected chi connectivity index (χ0v) is 11.1. The van der Waals surface area contributed by atoms with E-state index in [0.717, 1.165) is 10.9 Å². The molecule has 0 aliphatic rings. The Morgan fingerprint density at radius 1 is 1.50 bits per heavy atom. The minimum atomic E-state index is -0.441. The van der Waals surface area contributed by atoms with E-state index in [1.165, 1.54) is 13.2 Å². The van der Waals surface area contributed by atoms with Gasteiger partial charge in [0.2, 0.25) is 0 Å². The molecule has 1 rings (SSSR count). The van der Waals surface area contributed by atoms with Gasteiger partial charge < -0.3 is 4.74 Å². The molecule has 0 aromatic heterocycles. The number of alkyl halides is 1. The first kappa shape index (κ1) is 13.0. The molecule has 0 unspecified atom stereocenters. The zero-order chi connectivity index (χ0) is 12.3. The standard InChI is InChI=1S/C11H14BrNO3/c1-11(2,7-12)8-4-5-9(13(14)15)10(6-8)16-3/h4-6H,7H2,1-3H3. The highest BCUT2D eigenvalue weighted by molar-refractivity contribution is 9.09. The molecule has 0 heterocycles. The van der Waals surface area contributed by atoms with Crippen LogP contribution in [0.3, 0.4) is 0 Å². The average Bonchev–Trinajstić information content (AvgIpc) is 2.27. The van der Waals surface area contributed by atoms with Crippen LogP contribution >= 0.6 is 15.9 Å². The molecule has 0 aliphatic heterocycles. The highest BCUT2D eigenvalue weighted by Gasteiger charge is 2.23. The van der Waals surface area contributed by atoms with Crippen LogP contribution in [0.1, 0.15) is 19.4 Å². The minimum absolute atomic E-state index is 0.00313. The lowest BCUT2D eigenvalue weighted by molar-refractivity contribution is -0.385. The van der Waals surface area contributed by atoms with Crippen LogP contribution in [0, 0.1) is 10.1 Å². The lowest BCUT2D eigenvalue weighted by Crippen LogP contribution is -2.18. The molecule has 0 fully saturated rings. The molecular formula is C11H14BrNO3. The van der Waals surface area contributed by atoms with Gasteiger partial charge >= 0.3 is 5.69 Å². The summed E-state index contributed by atoms with van der Waals surface area (Å²) < 4.78 is 5.03. The molecule has 1 aromatic rings. The van der Waals surface area contributed by atoms with E-state index in [1.54, 1.807) is 12.1 Å². The minimum Gasteiger partial charge on any atom is -0.490 e. The first-order valence-electron chi connectivity index (χ1n) is 4.81. The quantitative estimate of drug-likeness (QED) is 0.485. The van der Waals surface area contributed by atoms with Gasteiger partial charge in [-0.1, -0.05) is 35.8 Å². The molecule has 0 amide bonds. The van der Waals surface area contributed by atoms with E-state index >= 15 is 0 Å². The van der Waals surface area contributed by atoms with Gasteiger partial charge in [0, 0.05) is 11.4 Å². The summed E-state index contributed by atoms with van der Waals surface area (Å²) in [6.45, 7) is 4.12. The first-order valence-corrected chi connectivity index (χ1v) is 5.93. The van der Waals surface area contributed by atoms with E-state index in [2.05, 4.69) is 29.8 Å². The molecule has 0 bridgehead atoms. The molecule has 1 aromatic carbocycles. The molecule has 16 heavy (non-hydrogen) atoms. The third-order valence-electron chi connectivity index (χ3n) is 2.49. The van der Waals surface area contributed by atoms with Crippen molar-refractivity contribution in [3.8, 4) is 5.75 Å². The number of rotatable bonds is 4. The Balaban J connectivity index is 3.24. The Kier molecular flexibility index (Phi) is 3.91. The molecule has 0 saturated carbocycles. The first-order chi connectivity index (χ1) is 7.42. The van der Waals surface area contributed by atoms with Gasteiger partial charge in [-0.2, -0.15) is 0 Å². The van der Waals surface area contributed by atoms with Gasteiger partial charge in [0.25, 0.3) is 0 Å².